The van der Waals surface area contributed by atoms with Gasteiger partial charge in [-0.3, -0.25) is 4.79 Å². The summed E-state index contributed by atoms with van der Waals surface area (Å²) < 4.78 is 5.26. The van der Waals surface area contributed by atoms with Crippen LogP contribution in [0.2, 0.25) is 0 Å². The molecule has 0 saturated heterocycles. The molecule has 1 aromatic carbocycles. The van der Waals surface area contributed by atoms with E-state index in [4.69, 9.17) is 4.74 Å². The van der Waals surface area contributed by atoms with Crippen molar-refractivity contribution in [3.05, 3.63) is 57.9 Å². The summed E-state index contributed by atoms with van der Waals surface area (Å²) in [6.45, 7) is 1.72. The van der Waals surface area contributed by atoms with Crippen molar-refractivity contribution in [1.29, 1.82) is 0 Å². The van der Waals surface area contributed by atoms with Crippen LogP contribution in [-0.2, 0) is 4.79 Å². The Morgan fingerprint density at radius 2 is 2.08 bits per heavy atom. The van der Waals surface area contributed by atoms with Crippen LogP contribution in [0.5, 0.6) is 5.75 Å². The van der Waals surface area contributed by atoms with E-state index in [1.165, 1.54) is 11.3 Å². The Morgan fingerprint density at radius 3 is 2.79 bits per heavy atom. The normalized spacial score (nSPS) is 17.1. The van der Waals surface area contributed by atoms with Gasteiger partial charge in [0.25, 0.3) is 5.91 Å². The molecule has 1 aromatic heterocycles. The Hall–Kier alpha value is -2.80. The standard InChI is InChI=1S/C17H17N3O3S/c1-10-14(15(20-17(22)18-10)11-7-8-24-9-11)16(21)19-12-5-3-4-6-13(12)23-2/h3-9,15H,1-2H3,(H,19,21)(H2,18,20,22). The highest BCUT2D eigenvalue weighted by Crippen LogP contribution is 2.30. The lowest BCUT2D eigenvalue weighted by atomic mass is 9.97. The lowest BCUT2D eigenvalue weighted by Gasteiger charge is -2.28. The Labute approximate surface area is 143 Å². The largest absolute Gasteiger partial charge is 0.495 e. The lowest BCUT2D eigenvalue weighted by Crippen LogP contribution is -2.45. The minimum atomic E-state index is -0.486. The van der Waals surface area contributed by atoms with E-state index >= 15 is 0 Å². The highest BCUT2D eigenvalue weighted by molar-refractivity contribution is 7.08. The van der Waals surface area contributed by atoms with Crippen LogP contribution in [0.4, 0.5) is 10.5 Å². The van der Waals surface area contributed by atoms with Crippen LogP contribution in [0, 0.1) is 0 Å². The Morgan fingerprint density at radius 1 is 1.29 bits per heavy atom. The van der Waals surface area contributed by atoms with Crippen LogP contribution >= 0.6 is 11.3 Å². The van der Waals surface area contributed by atoms with E-state index in [1.54, 1.807) is 26.2 Å². The van der Waals surface area contributed by atoms with E-state index in [0.29, 0.717) is 22.7 Å². The average molecular weight is 343 g/mol. The molecule has 2 heterocycles. The zero-order chi connectivity index (χ0) is 17.1. The number of benzene rings is 1. The number of methoxy groups -OCH3 is 1. The van der Waals surface area contributed by atoms with Crippen molar-refractivity contribution in [2.75, 3.05) is 12.4 Å². The first kappa shape index (κ1) is 16.1. The Kier molecular flexibility index (Phi) is 4.52. The van der Waals surface area contributed by atoms with Crippen molar-refractivity contribution in [3.63, 3.8) is 0 Å². The molecule has 6 nitrogen and oxygen atoms in total. The van der Waals surface area contributed by atoms with E-state index in [2.05, 4.69) is 16.0 Å². The van der Waals surface area contributed by atoms with Gasteiger partial charge in [-0.2, -0.15) is 11.3 Å². The first-order valence-corrected chi connectivity index (χ1v) is 8.29. The molecule has 3 rings (SSSR count). The van der Waals surface area contributed by atoms with E-state index in [9.17, 15) is 9.59 Å². The second-order valence-corrected chi connectivity index (χ2v) is 6.06. The second-order valence-electron chi connectivity index (χ2n) is 5.28. The number of carbonyl (C=O) groups is 2. The van der Waals surface area contributed by atoms with Gasteiger partial charge in [-0.25, -0.2) is 4.79 Å². The Balaban J connectivity index is 1.93. The first-order chi connectivity index (χ1) is 11.6. The minimum Gasteiger partial charge on any atom is -0.495 e. The van der Waals surface area contributed by atoms with Gasteiger partial charge in [0.15, 0.2) is 0 Å². The lowest BCUT2D eigenvalue weighted by molar-refractivity contribution is -0.113. The molecule has 1 atom stereocenters. The van der Waals surface area contributed by atoms with E-state index in [1.807, 2.05) is 29.0 Å². The molecule has 7 heteroatoms. The summed E-state index contributed by atoms with van der Waals surface area (Å²) in [6.07, 6.45) is 0. The number of ether oxygens (including phenoxy) is 1. The average Bonchev–Trinajstić information content (AvgIpc) is 3.08. The third-order valence-electron chi connectivity index (χ3n) is 3.75. The zero-order valence-electron chi connectivity index (χ0n) is 13.3. The minimum absolute atomic E-state index is 0.291. The highest BCUT2D eigenvalue weighted by Gasteiger charge is 2.31. The molecule has 0 bridgehead atoms. The van der Waals surface area contributed by atoms with Crippen molar-refractivity contribution in [1.82, 2.24) is 10.6 Å². The summed E-state index contributed by atoms with van der Waals surface area (Å²) in [4.78, 5) is 24.6. The van der Waals surface area contributed by atoms with Gasteiger partial charge in [0.1, 0.15) is 5.75 Å². The van der Waals surface area contributed by atoms with Crippen LogP contribution in [-0.4, -0.2) is 19.0 Å². The van der Waals surface area contributed by atoms with Crippen LogP contribution in [0.25, 0.3) is 0 Å². The summed E-state index contributed by atoms with van der Waals surface area (Å²) in [5, 5.41) is 12.1. The number of thiophene rings is 1. The molecule has 3 N–H and O–H groups in total. The van der Waals surface area contributed by atoms with Crippen molar-refractivity contribution >= 4 is 29.0 Å². The molecule has 0 spiro atoms. The van der Waals surface area contributed by atoms with Crippen molar-refractivity contribution in [3.8, 4) is 5.75 Å². The third kappa shape index (κ3) is 3.11. The predicted molar refractivity (Wildman–Crippen MR) is 93.1 cm³/mol. The quantitative estimate of drug-likeness (QED) is 0.798. The van der Waals surface area contributed by atoms with Crippen LogP contribution in [0.1, 0.15) is 18.5 Å². The maximum atomic E-state index is 12.8. The molecule has 0 aliphatic carbocycles. The summed E-state index contributed by atoms with van der Waals surface area (Å²) >= 11 is 1.51. The molecule has 1 aliphatic heterocycles. The molecule has 0 saturated carbocycles. The fraction of sp³-hybridized carbons (Fsp3) is 0.176. The predicted octanol–water partition coefficient (Wildman–Crippen LogP) is 3.02. The van der Waals surface area contributed by atoms with Crippen LogP contribution in [0.3, 0.4) is 0 Å². The van der Waals surface area contributed by atoms with Crippen molar-refractivity contribution < 1.29 is 14.3 Å². The van der Waals surface area contributed by atoms with Gasteiger partial charge >= 0.3 is 6.03 Å². The molecule has 0 fully saturated rings. The molecular formula is C17H17N3O3S. The van der Waals surface area contributed by atoms with Crippen LogP contribution < -0.4 is 20.7 Å². The Bertz CT molecular complexity index is 799. The number of para-hydroxylation sites is 2. The zero-order valence-corrected chi connectivity index (χ0v) is 14.1. The SMILES string of the molecule is COc1ccccc1NC(=O)C1=C(C)NC(=O)NC1c1ccsc1. The van der Waals surface area contributed by atoms with E-state index < -0.39 is 6.04 Å². The molecule has 2 aromatic rings. The molecule has 1 aliphatic rings. The second kappa shape index (κ2) is 6.76. The van der Waals surface area contributed by atoms with Crippen LogP contribution in [0.15, 0.2) is 52.4 Å². The molecule has 124 valence electrons. The fourth-order valence-corrected chi connectivity index (χ4v) is 3.31. The number of urea groups is 1. The van der Waals surface area contributed by atoms with Crippen molar-refractivity contribution in [2.45, 2.75) is 13.0 Å². The molecular weight excluding hydrogens is 326 g/mol. The monoisotopic (exact) mass is 343 g/mol. The number of allylic oxidation sites excluding steroid dienone is 1. The van der Waals surface area contributed by atoms with Gasteiger partial charge in [0.05, 0.1) is 24.4 Å². The fourth-order valence-electron chi connectivity index (χ4n) is 2.62. The highest BCUT2D eigenvalue weighted by atomic mass is 32.1. The topological polar surface area (TPSA) is 79.5 Å². The van der Waals surface area contributed by atoms with Gasteiger partial charge < -0.3 is 20.7 Å². The number of anilines is 1. The van der Waals surface area contributed by atoms with E-state index in [0.717, 1.165) is 5.56 Å². The molecule has 1 unspecified atom stereocenters. The number of carbonyl (C=O) groups excluding carboxylic acids is 2. The maximum absolute atomic E-state index is 12.8. The van der Waals surface area contributed by atoms with E-state index in [-0.39, 0.29) is 11.9 Å². The maximum Gasteiger partial charge on any atom is 0.319 e. The number of hydrogen-bond donors (Lipinski definition) is 3. The van der Waals surface area contributed by atoms with Crippen molar-refractivity contribution in [2.24, 2.45) is 0 Å². The number of hydrogen-bond acceptors (Lipinski definition) is 4. The number of nitrogens with one attached hydrogen (secondary N) is 3. The summed E-state index contributed by atoms with van der Waals surface area (Å²) in [5.41, 5.74) is 2.45. The van der Waals surface area contributed by atoms with Gasteiger partial charge in [-0.1, -0.05) is 12.1 Å². The smallest absolute Gasteiger partial charge is 0.319 e. The third-order valence-corrected chi connectivity index (χ3v) is 4.45. The number of amides is 3. The summed E-state index contributed by atoms with van der Waals surface area (Å²) in [6, 6.07) is 8.27. The first-order valence-electron chi connectivity index (χ1n) is 7.35. The number of rotatable bonds is 4. The summed E-state index contributed by atoms with van der Waals surface area (Å²) in [7, 11) is 1.55. The molecule has 0 radical (unpaired) electrons. The molecule has 3 amide bonds. The van der Waals surface area contributed by atoms with Gasteiger partial charge in [-0.15, -0.1) is 0 Å². The van der Waals surface area contributed by atoms with Gasteiger partial charge in [0.2, 0.25) is 0 Å². The van der Waals surface area contributed by atoms with Gasteiger partial charge in [-0.05, 0) is 41.4 Å². The molecule has 24 heavy (non-hydrogen) atoms. The summed E-state index contributed by atoms with van der Waals surface area (Å²) in [5.74, 6) is 0.282. The van der Waals surface area contributed by atoms with Gasteiger partial charge in [0, 0.05) is 5.70 Å².